The average Bonchev–Trinajstić information content (AvgIpc) is 2.58. The molecule has 0 saturated heterocycles. The molecule has 0 aliphatic rings. The van der Waals surface area contributed by atoms with Crippen LogP contribution >= 0.6 is 17.2 Å². The van der Waals surface area contributed by atoms with Gasteiger partial charge in [-0.25, -0.2) is 0 Å². The minimum Gasteiger partial charge on any atom is -0.282 e. The molecule has 2 rings (SSSR count). The summed E-state index contributed by atoms with van der Waals surface area (Å²) >= 11 is 0. The van der Waals surface area contributed by atoms with Crippen LogP contribution in [0, 0.1) is 0 Å². The van der Waals surface area contributed by atoms with Crippen LogP contribution < -0.4 is 10.6 Å². The summed E-state index contributed by atoms with van der Waals surface area (Å²) in [6, 6.07) is 6.09. The highest BCUT2D eigenvalue weighted by atomic mass is 32.2. The Morgan fingerprint density at radius 3 is 1.13 bits per heavy atom. The van der Waals surface area contributed by atoms with E-state index in [1.54, 1.807) is 0 Å². The van der Waals surface area contributed by atoms with Gasteiger partial charge in [-0.1, -0.05) is 41.4 Å². The van der Waals surface area contributed by atoms with Gasteiger partial charge in [0, 0.05) is 0 Å². The first kappa shape index (κ1) is 26.2. The van der Waals surface area contributed by atoms with E-state index in [-0.39, 0.29) is 16.5 Å². The Kier molecular flexibility index (Phi) is 7.65. The van der Waals surface area contributed by atoms with Crippen molar-refractivity contribution in [1.29, 1.82) is 0 Å². The zero-order valence-corrected chi connectivity index (χ0v) is 20.1. The fourth-order valence-corrected chi connectivity index (χ4v) is 10.6. The van der Waals surface area contributed by atoms with Crippen LogP contribution in [0.2, 0.25) is 0 Å². The summed E-state index contributed by atoms with van der Waals surface area (Å²) < 4.78 is 130. The van der Waals surface area contributed by atoms with E-state index in [9.17, 15) is 51.9 Å². The van der Waals surface area contributed by atoms with Gasteiger partial charge in [-0.15, -0.1) is 0 Å². The Morgan fingerprint density at radius 1 is 0.548 bits per heavy atom. The van der Waals surface area contributed by atoms with Crippen LogP contribution in [0.15, 0.2) is 56.0 Å². The standard InChI is InChI=1S/C13H14O12P2S4/c14-28(15,16)10-5-1-3-8(12(10)30(20,21)22)26-7-27-9-4-2-6-11(29(17,18)19)13(9)31(23,24)25/h1-6,26-27H,7H2,(H,14,15,16)(H,17,18,19)(H,20,21,22)(H,23,24,25). The molecule has 0 aliphatic heterocycles. The number of hydrogen-bond acceptors (Lipinski definition) is 8. The highest BCUT2D eigenvalue weighted by molar-refractivity contribution is 7.90. The molecule has 0 fully saturated rings. The molecule has 18 heteroatoms. The van der Waals surface area contributed by atoms with Gasteiger partial charge in [-0.3, -0.25) is 18.2 Å². The van der Waals surface area contributed by atoms with Crippen molar-refractivity contribution in [2.75, 3.05) is 5.90 Å². The SMILES string of the molecule is O=S(=O)(O)c1cccc(PCPc2cccc(S(=O)(=O)O)c2S(=O)(=O)O)c1S(=O)(=O)O. The van der Waals surface area contributed by atoms with Gasteiger partial charge in [0.05, 0.1) is 0 Å². The smallest absolute Gasteiger partial charge is 0.282 e. The van der Waals surface area contributed by atoms with Crippen molar-refractivity contribution in [1.82, 2.24) is 0 Å². The predicted octanol–water partition coefficient (Wildman–Crippen LogP) is -0.0613. The van der Waals surface area contributed by atoms with E-state index in [1.807, 2.05) is 0 Å². The first-order chi connectivity index (χ1) is 13.9. The van der Waals surface area contributed by atoms with Crippen LogP contribution in [-0.2, 0) is 40.5 Å². The third kappa shape index (κ3) is 6.48. The summed E-state index contributed by atoms with van der Waals surface area (Å²) in [4.78, 5) is -4.17. The maximum absolute atomic E-state index is 11.7. The van der Waals surface area contributed by atoms with E-state index in [1.165, 1.54) is 12.1 Å². The Morgan fingerprint density at radius 2 is 0.871 bits per heavy atom. The van der Waals surface area contributed by atoms with Crippen molar-refractivity contribution in [2.24, 2.45) is 0 Å². The molecule has 0 spiro atoms. The zero-order chi connectivity index (χ0) is 23.8. The summed E-state index contributed by atoms with van der Waals surface area (Å²) in [6.45, 7) is 0. The lowest BCUT2D eigenvalue weighted by Gasteiger charge is -2.13. The minimum absolute atomic E-state index is 0.0606. The van der Waals surface area contributed by atoms with Crippen molar-refractivity contribution in [3.63, 3.8) is 0 Å². The molecule has 31 heavy (non-hydrogen) atoms. The molecule has 2 atom stereocenters. The van der Waals surface area contributed by atoms with Crippen LogP contribution in [0.5, 0.6) is 0 Å². The molecule has 2 aromatic carbocycles. The summed E-state index contributed by atoms with van der Waals surface area (Å²) in [5.74, 6) is -0.0606. The van der Waals surface area contributed by atoms with E-state index < -0.39 is 77.2 Å². The van der Waals surface area contributed by atoms with E-state index >= 15 is 0 Å². The second-order valence-corrected chi connectivity index (χ2v) is 14.4. The molecule has 0 bridgehead atoms. The molecule has 2 aromatic rings. The highest BCUT2D eigenvalue weighted by Crippen LogP contribution is 2.31. The molecule has 12 nitrogen and oxygen atoms in total. The molecule has 4 N–H and O–H groups in total. The van der Waals surface area contributed by atoms with Gasteiger partial charge in [0.15, 0.2) is 0 Å². The highest BCUT2D eigenvalue weighted by Gasteiger charge is 2.28. The number of benzene rings is 2. The summed E-state index contributed by atoms with van der Waals surface area (Å²) in [7, 11) is -21.3. The van der Waals surface area contributed by atoms with Gasteiger partial charge < -0.3 is 0 Å². The molecule has 172 valence electrons. The normalized spacial score (nSPS) is 14.1. The van der Waals surface area contributed by atoms with E-state index in [2.05, 4.69) is 0 Å². The lowest BCUT2D eigenvalue weighted by Crippen LogP contribution is -2.18. The fraction of sp³-hybridized carbons (Fsp3) is 0.0769. The molecule has 0 saturated carbocycles. The average molecular weight is 552 g/mol. The quantitative estimate of drug-likeness (QED) is 0.250. The maximum atomic E-state index is 11.7. The first-order valence-corrected chi connectivity index (χ1v) is 15.7. The monoisotopic (exact) mass is 552 g/mol. The second-order valence-electron chi connectivity index (χ2n) is 5.70. The third-order valence-corrected chi connectivity index (χ3v) is 10.9. The van der Waals surface area contributed by atoms with Crippen LogP contribution in [0.25, 0.3) is 0 Å². The van der Waals surface area contributed by atoms with Gasteiger partial charge in [0.1, 0.15) is 19.6 Å². The maximum Gasteiger partial charge on any atom is 0.296 e. The molecular formula is C13H14O12P2S4. The summed E-state index contributed by atoms with van der Waals surface area (Å²) in [6.07, 6.45) is 0. The molecule has 2 unspecified atom stereocenters. The van der Waals surface area contributed by atoms with E-state index in [0.29, 0.717) is 0 Å². The van der Waals surface area contributed by atoms with Gasteiger partial charge in [-0.2, -0.15) is 33.7 Å². The van der Waals surface area contributed by atoms with Crippen LogP contribution in [0.3, 0.4) is 0 Å². The van der Waals surface area contributed by atoms with Crippen LogP contribution in [0.4, 0.5) is 0 Å². The van der Waals surface area contributed by atoms with Crippen molar-refractivity contribution < 1.29 is 51.9 Å². The Hall–Kier alpha value is -1.06. The molecule has 0 heterocycles. The Balaban J connectivity index is 2.49. The minimum atomic E-state index is -5.08. The lowest BCUT2D eigenvalue weighted by molar-refractivity contribution is 0.467. The lowest BCUT2D eigenvalue weighted by atomic mass is 10.4. The van der Waals surface area contributed by atoms with Gasteiger partial charge in [0.2, 0.25) is 0 Å². The third-order valence-electron chi connectivity index (χ3n) is 3.59. The Bertz CT molecular complexity index is 1330. The van der Waals surface area contributed by atoms with Gasteiger partial charge in [0.25, 0.3) is 40.5 Å². The number of rotatable bonds is 8. The largest absolute Gasteiger partial charge is 0.296 e. The second kappa shape index (κ2) is 9.06. The van der Waals surface area contributed by atoms with E-state index in [0.717, 1.165) is 24.3 Å². The molecule has 0 aromatic heterocycles. The van der Waals surface area contributed by atoms with Gasteiger partial charge >= 0.3 is 0 Å². The first-order valence-electron chi connectivity index (χ1n) is 7.58. The van der Waals surface area contributed by atoms with Gasteiger partial charge in [-0.05, 0) is 28.6 Å². The predicted molar refractivity (Wildman–Crippen MR) is 113 cm³/mol. The van der Waals surface area contributed by atoms with Crippen molar-refractivity contribution >= 4 is 68.2 Å². The van der Waals surface area contributed by atoms with E-state index in [4.69, 9.17) is 0 Å². The fourth-order valence-electron chi connectivity index (χ4n) is 2.48. The van der Waals surface area contributed by atoms with Crippen LogP contribution in [-0.4, -0.2) is 57.8 Å². The molecule has 0 amide bonds. The van der Waals surface area contributed by atoms with Crippen molar-refractivity contribution in [2.45, 2.75) is 19.6 Å². The topological polar surface area (TPSA) is 217 Å². The molecule has 0 aliphatic carbocycles. The Labute approximate surface area is 181 Å². The van der Waals surface area contributed by atoms with Crippen molar-refractivity contribution in [3.8, 4) is 0 Å². The van der Waals surface area contributed by atoms with Crippen molar-refractivity contribution in [3.05, 3.63) is 36.4 Å². The summed E-state index contributed by atoms with van der Waals surface area (Å²) in [5.41, 5.74) is 0. The molecule has 0 radical (unpaired) electrons. The summed E-state index contributed by atoms with van der Waals surface area (Å²) in [5, 5.41) is -0.381. The molecular weight excluding hydrogens is 538 g/mol. The number of hydrogen-bond donors (Lipinski definition) is 4. The zero-order valence-electron chi connectivity index (χ0n) is 14.9. The van der Waals surface area contributed by atoms with Crippen LogP contribution in [0.1, 0.15) is 0 Å².